The van der Waals surface area contributed by atoms with Gasteiger partial charge in [-0.1, -0.05) is 169 Å². The highest BCUT2D eigenvalue weighted by Gasteiger charge is 2.52. The number of nitrogens with zero attached hydrogens (tertiary/aromatic N) is 1. The predicted molar refractivity (Wildman–Crippen MR) is 241 cm³/mol. The van der Waals surface area contributed by atoms with Gasteiger partial charge in [0.2, 0.25) is 0 Å². The van der Waals surface area contributed by atoms with Gasteiger partial charge in [0.1, 0.15) is 0 Å². The minimum Gasteiger partial charge on any atom is -0.355 e. The molecule has 2 aliphatic heterocycles. The van der Waals surface area contributed by atoms with Crippen LogP contribution < -0.4 is 21.1 Å². The monoisotopic (exact) mass is 724 g/mol. The van der Waals surface area contributed by atoms with Crippen LogP contribution in [-0.4, -0.2) is 7.28 Å². The molecule has 0 atom stereocenters. The number of anilines is 5. The molecule has 9 aromatic carbocycles. The fraction of sp³-hybridized carbons (Fsp3) is 0.0370. The molecule has 1 aliphatic carbocycles. The number of aryl methyl sites for hydroxylation is 1. The highest BCUT2D eigenvalue weighted by molar-refractivity contribution is 6.73. The second-order valence-electron chi connectivity index (χ2n) is 15.8. The van der Waals surface area contributed by atoms with E-state index in [1.807, 2.05) is 0 Å². The van der Waals surface area contributed by atoms with Crippen molar-refractivity contribution >= 4 is 57.4 Å². The molecule has 0 saturated heterocycles. The minimum absolute atomic E-state index is 0.418. The van der Waals surface area contributed by atoms with Crippen molar-refractivity contribution in [3.8, 4) is 33.4 Å². The summed E-state index contributed by atoms with van der Waals surface area (Å²) >= 11 is 0. The average molecular weight is 725 g/mol. The molecule has 1 spiro atoms. The van der Waals surface area contributed by atoms with Gasteiger partial charge in [-0.3, -0.25) is 0 Å². The van der Waals surface area contributed by atoms with E-state index in [-0.39, 0.29) is 0 Å². The Morgan fingerprint density at radius 2 is 1.14 bits per heavy atom. The van der Waals surface area contributed by atoms with Gasteiger partial charge in [-0.15, -0.1) is 0 Å². The van der Waals surface area contributed by atoms with E-state index in [4.69, 9.17) is 0 Å². The van der Waals surface area contributed by atoms with E-state index in [2.05, 4.69) is 211 Å². The SMILES string of the molecule is Cc1cc(-c2c(Nc3ccc(-c4ccccc4)cc3)ccc3ccccc23)c2c(c1)N1c3ccccc3C3(c4ccccc4-c4ccccc43)c3cccc(c31)B2. The first kappa shape index (κ1) is 32.2. The first-order valence-electron chi connectivity index (χ1n) is 20.0. The molecule has 57 heavy (non-hydrogen) atoms. The standard InChI is InChI=1S/C54H37BN2/c1-34-32-42(51-39-17-6-5-16-37(39)28-31-48(51)56-38-29-26-36(27-30-38)35-14-3-2-4-15-35)52-50(33-34)57-49-25-12-11-22-45(49)54(46-23-13-24-47(55-52)53(46)57)43-20-9-7-18-40(43)41-19-8-10-21-44(41)54/h2-33,55-56H,1H3. The summed E-state index contributed by atoms with van der Waals surface area (Å²) in [5.41, 5.74) is 22.5. The maximum Gasteiger partial charge on any atom is 0.198 e. The number of para-hydroxylation sites is 2. The summed E-state index contributed by atoms with van der Waals surface area (Å²) in [6.45, 7) is 2.26. The van der Waals surface area contributed by atoms with E-state index < -0.39 is 5.41 Å². The molecular formula is C54H37BN2. The summed E-state index contributed by atoms with van der Waals surface area (Å²) in [6, 6.07) is 72.0. The Labute approximate surface area is 334 Å². The predicted octanol–water partition coefficient (Wildman–Crippen LogP) is 12.1. The second kappa shape index (κ2) is 12.2. The number of rotatable bonds is 4. The van der Waals surface area contributed by atoms with Crippen LogP contribution in [0.1, 0.15) is 27.8 Å². The lowest BCUT2D eigenvalue weighted by molar-refractivity contribution is 0.753. The molecule has 0 fully saturated rings. The van der Waals surface area contributed by atoms with Gasteiger partial charge in [0, 0.05) is 28.3 Å². The fourth-order valence-corrected chi connectivity index (χ4v) is 10.4. The van der Waals surface area contributed by atoms with Crippen LogP contribution in [-0.2, 0) is 5.41 Å². The lowest BCUT2D eigenvalue weighted by Gasteiger charge is -2.48. The lowest BCUT2D eigenvalue weighted by atomic mass is 9.54. The molecule has 3 heteroatoms. The van der Waals surface area contributed by atoms with Crippen LogP contribution in [0.2, 0.25) is 0 Å². The van der Waals surface area contributed by atoms with E-state index in [1.165, 1.54) is 100.0 Å². The molecule has 1 N–H and O–H groups in total. The number of hydrogen-bond acceptors (Lipinski definition) is 2. The maximum atomic E-state index is 3.89. The summed E-state index contributed by atoms with van der Waals surface area (Å²) in [4.78, 5) is 2.60. The number of nitrogens with one attached hydrogen (secondary N) is 1. The van der Waals surface area contributed by atoms with Gasteiger partial charge in [0.05, 0.1) is 11.1 Å². The zero-order valence-electron chi connectivity index (χ0n) is 31.6. The Bertz CT molecular complexity index is 3050. The van der Waals surface area contributed by atoms with Crippen LogP contribution in [0.3, 0.4) is 0 Å². The molecular weight excluding hydrogens is 687 g/mol. The first-order valence-corrected chi connectivity index (χ1v) is 20.0. The van der Waals surface area contributed by atoms with Gasteiger partial charge >= 0.3 is 0 Å². The van der Waals surface area contributed by atoms with Crippen molar-refractivity contribution in [1.29, 1.82) is 0 Å². The Balaban J connectivity index is 1.08. The van der Waals surface area contributed by atoms with E-state index in [1.54, 1.807) is 0 Å². The molecule has 0 aromatic heterocycles. The van der Waals surface area contributed by atoms with Crippen LogP contribution in [0.25, 0.3) is 44.2 Å². The summed E-state index contributed by atoms with van der Waals surface area (Å²) in [6.07, 6.45) is 0. The zero-order valence-corrected chi connectivity index (χ0v) is 31.6. The van der Waals surface area contributed by atoms with Gasteiger partial charge in [0.15, 0.2) is 7.28 Å². The third-order valence-corrected chi connectivity index (χ3v) is 12.7. The summed E-state index contributed by atoms with van der Waals surface area (Å²) in [7, 11) is 0.834. The van der Waals surface area contributed by atoms with Crippen molar-refractivity contribution in [3.05, 3.63) is 222 Å². The van der Waals surface area contributed by atoms with Crippen LogP contribution >= 0.6 is 0 Å². The van der Waals surface area contributed by atoms with Crippen molar-refractivity contribution in [2.24, 2.45) is 0 Å². The maximum absolute atomic E-state index is 3.89. The van der Waals surface area contributed by atoms with Crippen molar-refractivity contribution in [2.75, 3.05) is 10.2 Å². The summed E-state index contributed by atoms with van der Waals surface area (Å²) in [5.74, 6) is 0. The first-order chi connectivity index (χ1) is 28.2. The average Bonchev–Trinajstić information content (AvgIpc) is 3.56. The molecule has 0 saturated carbocycles. The summed E-state index contributed by atoms with van der Waals surface area (Å²) < 4.78 is 0. The third-order valence-electron chi connectivity index (χ3n) is 12.7. The largest absolute Gasteiger partial charge is 0.355 e. The quantitative estimate of drug-likeness (QED) is 0.182. The zero-order chi connectivity index (χ0) is 37.7. The van der Waals surface area contributed by atoms with Crippen LogP contribution in [0.15, 0.2) is 194 Å². The molecule has 266 valence electrons. The summed E-state index contributed by atoms with van der Waals surface area (Å²) in [5, 5.41) is 6.36. The van der Waals surface area contributed by atoms with Gasteiger partial charge in [0.25, 0.3) is 0 Å². The van der Waals surface area contributed by atoms with Crippen molar-refractivity contribution < 1.29 is 0 Å². The van der Waals surface area contributed by atoms with E-state index in [0.29, 0.717) is 0 Å². The highest BCUT2D eigenvalue weighted by atomic mass is 15.2. The minimum atomic E-state index is -0.418. The molecule has 0 bridgehead atoms. The molecule has 9 aromatic rings. The van der Waals surface area contributed by atoms with E-state index >= 15 is 0 Å². The van der Waals surface area contributed by atoms with E-state index in [0.717, 1.165) is 18.7 Å². The van der Waals surface area contributed by atoms with Gasteiger partial charge in [-0.2, -0.15) is 0 Å². The number of fused-ring (bicyclic) bond motifs is 12. The van der Waals surface area contributed by atoms with Gasteiger partial charge < -0.3 is 10.2 Å². The molecule has 2 nitrogen and oxygen atoms in total. The Kier molecular flexibility index (Phi) is 6.89. The normalized spacial score (nSPS) is 13.6. The lowest BCUT2D eigenvalue weighted by Crippen LogP contribution is -2.47. The number of hydrogen-bond donors (Lipinski definition) is 1. The molecule has 0 radical (unpaired) electrons. The fourth-order valence-electron chi connectivity index (χ4n) is 10.4. The van der Waals surface area contributed by atoms with Crippen molar-refractivity contribution in [2.45, 2.75) is 12.3 Å². The van der Waals surface area contributed by atoms with Crippen molar-refractivity contribution in [1.82, 2.24) is 0 Å². The number of benzene rings is 9. The molecule has 3 aliphatic rings. The second-order valence-corrected chi connectivity index (χ2v) is 15.8. The highest BCUT2D eigenvalue weighted by Crippen LogP contribution is 2.63. The van der Waals surface area contributed by atoms with Crippen LogP contribution in [0, 0.1) is 6.92 Å². The van der Waals surface area contributed by atoms with Gasteiger partial charge in [-0.25, -0.2) is 0 Å². The molecule has 0 unspecified atom stereocenters. The van der Waals surface area contributed by atoms with E-state index in [9.17, 15) is 0 Å². The Morgan fingerprint density at radius 1 is 0.491 bits per heavy atom. The topological polar surface area (TPSA) is 15.3 Å². The molecule has 2 heterocycles. The van der Waals surface area contributed by atoms with Crippen LogP contribution in [0.4, 0.5) is 28.4 Å². The van der Waals surface area contributed by atoms with Crippen LogP contribution in [0.5, 0.6) is 0 Å². The van der Waals surface area contributed by atoms with Gasteiger partial charge in [-0.05, 0) is 109 Å². The van der Waals surface area contributed by atoms with Crippen molar-refractivity contribution in [3.63, 3.8) is 0 Å². The Morgan fingerprint density at radius 3 is 1.93 bits per heavy atom. The third kappa shape index (κ3) is 4.54. The molecule has 12 rings (SSSR count). The smallest absolute Gasteiger partial charge is 0.198 e. The Hall–Kier alpha value is -7.10. The molecule has 0 amide bonds.